The van der Waals surface area contributed by atoms with Gasteiger partial charge in [-0.2, -0.15) is 11.8 Å². The fraction of sp³-hybridized carbons (Fsp3) is 0.500. The van der Waals surface area contributed by atoms with Crippen molar-refractivity contribution in [2.24, 2.45) is 0 Å². The Labute approximate surface area is 107 Å². The third kappa shape index (κ3) is 2.67. The molecule has 1 atom stereocenters. The number of carboxylic acid groups (broad SMARTS) is 1. The highest BCUT2D eigenvalue weighted by Crippen LogP contribution is 2.28. The van der Waals surface area contributed by atoms with E-state index >= 15 is 0 Å². The van der Waals surface area contributed by atoms with Crippen LogP contribution >= 0.6 is 23.1 Å². The van der Waals surface area contributed by atoms with Crippen LogP contribution in [0.4, 0.5) is 0 Å². The molecule has 0 aromatic carbocycles. The molecule has 2 N–H and O–H groups in total. The van der Waals surface area contributed by atoms with Crippen molar-refractivity contribution in [1.29, 1.82) is 0 Å². The Bertz CT molecular complexity index is 421. The molecule has 5 nitrogen and oxygen atoms in total. The summed E-state index contributed by atoms with van der Waals surface area (Å²) in [6, 6.07) is 0.0601. The van der Waals surface area contributed by atoms with E-state index in [1.165, 1.54) is 18.3 Å². The maximum absolute atomic E-state index is 11.3. The standard InChI is InChI=1S/C10H12N2O3S2/c1-5(13)8-7(10(14)15)12-9(17-8)6-4-16-3-2-11-6/h6,11H,2-4H2,1H3,(H,14,15). The lowest BCUT2D eigenvalue weighted by Crippen LogP contribution is -2.30. The molecule has 2 rings (SSSR count). The van der Waals surface area contributed by atoms with E-state index in [0.29, 0.717) is 5.01 Å². The number of aromatic carboxylic acids is 1. The third-order valence-electron chi connectivity index (χ3n) is 2.39. The number of hydrogen-bond donors (Lipinski definition) is 2. The van der Waals surface area contributed by atoms with Crippen molar-refractivity contribution in [3.63, 3.8) is 0 Å². The van der Waals surface area contributed by atoms with Crippen LogP contribution in [0.3, 0.4) is 0 Å². The summed E-state index contributed by atoms with van der Waals surface area (Å²) < 4.78 is 0. The van der Waals surface area contributed by atoms with Crippen LogP contribution in [0.2, 0.25) is 0 Å². The molecular weight excluding hydrogens is 260 g/mol. The Hall–Kier alpha value is -0.920. The number of carbonyl (C=O) groups is 2. The van der Waals surface area contributed by atoms with Crippen molar-refractivity contribution in [2.45, 2.75) is 13.0 Å². The van der Waals surface area contributed by atoms with E-state index in [2.05, 4.69) is 10.3 Å². The molecule has 1 fully saturated rings. The number of carboxylic acids is 1. The van der Waals surface area contributed by atoms with Crippen LogP contribution in [0.15, 0.2) is 0 Å². The van der Waals surface area contributed by atoms with Gasteiger partial charge >= 0.3 is 5.97 Å². The summed E-state index contributed by atoms with van der Waals surface area (Å²) in [5.74, 6) is 0.535. The maximum Gasteiger partial charge on any atom is 0.356 e. The van der Waals surface area contributed by atoms with Gasteiger partial charge in [-0.1, -0.05) is 0 Å². The molecule has 1 unspecified atom stereocenters. The van der Waals surface area contributed by atoms with Gasteiger partial charge in [0.1, 0.15) is 9.88 Å². The van der Waals surface area contributed by atoms with E-state index in [0.717, 1.165) is 18.1 Å². The zero-order valence-corrected chi connectivity index (χ0v) is 10.9. The Morgan fingerprint density at radius 3 is 2.76 bits per heavy atom. The number of ketones is 1. The van der Waals surface area contributed by atoms with Gasteiger partial charge in [-0.15, -0.1) is 11.3 Å². The molecule has 0 amide bonds. The van der Waals surface area contributed by atoms with Gasteiger partial charge in [0.05, 0.1) is 6.04 Å². The predicted molar refractivity (Wildman–Crippen MR) is 67.1 cm³/mol. The molecule has 0 bridgehead atoms. The molecule has 2 heterocycles. The number of Topliss-reactive ketones (excluding diaryl/α,β-unsaturated/α-hetero) is 1. The summed E-state index contributed by atoms with van der Waals surface area (Å²) in [7, 11) is 0. The zero-order chi connectivity index (χ0) is 12.4. The minimum atomic E-state index is -1.14. The lowest BCUT2D eigenvalue weighted by Gasteiger charge is -2.20. The summed E-state index contributed by atoms with van der Waals surface area (Å²) in [5, 5.41) is 13.0. The molecule has 1 aliphatic heterocycles. The monoisotopic (exact) mass is 272 g/mol. The van der Waals surface area contributed by atoms with Gasteiger partial charge in [0, 0.05) is 25.0 Å². The number of rotatable bonds is 3. The third-order valence-corrected chi connectivity index (χ3v) is 4.72. The second-order valence-electron chi connectivity index (χ2n) is 3.67. The number of nitrogens with one attached hydrogen (secondary N) is 1. The van der Waals surface area contributed by atoms with Crippen molar-refractivity contribution in [3.8, 4) is 0 Å². The Balaban J connectivity index is 2.32. The largest absolute Gasteiger partial charge is 0.476 e. The fourth-order valence-corrected chi connectivity index (χ4v) is 3.67. The lowest BCUT2D eigenvalue weighted by atomic mass is 10.3. The van der Waals surface area contributed by atoms with Crippen molar-refractivity contribution >= 4 is 34.9 Å². The lowest BCUT2D eigenvalue weighted by molar-refractivity contribution is 0.0686. The normalized spacial score (nSPS) is 20.2. The van der Waals surface area contributed by atoms with E-state index in [9.17, 15) is 9.59 Å². The Kier molecular flexibility index (Phi) is 3.80. The van der Waals surface area contributed by atoms with Gasteiger partial charge in [-0.25, -0.2) is 9.78 Å². The van der Waals surface area contributed by atoms with Gasteiger partial charge in [-0.3, -0.25) is 4.79 Å². The Morgan fingerprint density at radius 1 is 1.53 bits per heavy atom. The van der Waals surface area contributed by atoms with Gasteiger partial charge in [0.2, 0.25) is 0 Å². The summed E-state index contributed by atoms with van der Waals surface area (Å²) >= 11 is 2.99. The number of carbonyl (C=O) groups excluding carboxylic acids is 1. The van der Waals surface area contributed by atoms with Crippen LogP contribution < -0.4 is 5.32 Å². The van der Waals surface area contributed by atoms with Crippen molar-refractivity contribution in [1.82, 2.24) is 10.3 Å². The number of nitrogens with zero attached hydrogens (tertiary/aromatic N) is 1. The predicted octanol–water partition coefficient (Wildman–Crippen LogP) is 1.42. The second-order valence-corrected chi connectivity index (χ2v) is 5.85. The number of hydrogen-bond acceptors (Lipinski definition) is 6. The van der Waals surface area contributed by atoms with Crippen molar-refractivity contribution < 1.29 is 14.7 Å². The zero-order valence-electron chi connectivity index (χ0n) is 9.23. The summed E-state index contributed by atoms with van der Waals surface area (Å²) in [6.45, 7) is 2.25. The maximum atomic E-state index is 11.3. The van der Waals surface area contributed by atoms with Crippen LogP contribution in [0.5, 0.6) is 0 Å². The Morgan fingerprint density at radius 2 is 2.29 bits per heavy atom. The number of thioether (sulfide) groups is 1. The summed E-state index contributed by atoms with van der Waals surface area (Å²) in [5.41, 5.74) is -0.116. The first-order valence-electron chi connectivity index (χ1n) is 5.15. The van der Waals surface area contributed by atoms with E-state index in [1.54, 1.807) is 11.8 Å². The highest BCUT2D eigenvalue weighted by atomic mass is 32.2. The molecule has 0 radical (unpaired) electrons. The van der Waals surface area contributed by atoms with Crippen LogP contribution in [0.1, 0.15) is 38.1 Å². The highest BCUT2D eigenvalue weighted by Gasteiger charge is 2.25. The molecule has 1 saturated heterocycles. The summed E-state index contributed by atoms with van der Waals surface area (Å²) in [6.07, 6.45) is 0. The minimum absolute atomic E-state index is 0.0601. The highest BCUT2D eigenvalue weighted by molar-refractivity contribution is 7.99. The van der Waals surface area contributed by atoms with Crippen LogP contribution in [-0.2, 0) is 0 Å². The molecule has 1 aliphatic rings. The molecule has 1 aromatic heterocycles. The molecule has 92 valence electrons. The topological polar surface area (TPSA) is 79.3 Å². The first kappa shape index (κ1) is 12.5. The number of thiazole rings is 1. The van der Waals surface area contributed by atoms with E-state index in [4.69, 9.17) is 5.11 Å². The average Bonchev–Trinajstić information content (AvgIpc) is 2.75. The van der Waals surface area contributed by atoms with Crippen LogP contribution in [-0.4, -0.2) is 39.9 Å². The van der Waals surface area contributed by atoms with Crippen LogP contribution in [0, 0.1) is 0 Å². The van der Waals surface area contributed by atoms with Gasteiger partial charge in [0.15, 0.2) is 11.5 Å². The van der Waals surface area contributed by atoms with E-state index in [1.807, 2.05) is 0 Å². The molecule has 1 aromatic rings. The SMILES string of the molecule is CC(=O)c1sc(C2CSCCN2)nc1C(=O)O. The number of aromatic nitrogens is 1. The van der Waals surface area contributed by atoms with Gasteiger partial charge in [0.25, 0.3) is 0 Å². The molecule has 7 heteroatoms. The van der Waals surface area contributed by atoms with Gasteiger partial charge < -0.3 is 10.4 Å². The first-order chi connectivity index (χ1) is 8.09. The van der Waals surface area contributed by atoms with Crippen molar-refractivity contribution in [2.75, 3.05) is 18.1 Å². The molecule has 0 aliphatic carbocycles. The van der Waals surface area contributed by atoms with E-state index in [-0.39, 0.29) is 22.4 Å². The summed E-state index contributed by atoms with van der Waals surface area (Å²) in [4.78, 5) is 26.7. The average molecular weight is 272 g/mol. The molecule has 17 heavy (non-hydrogen) atoms. The quantitative estimate of drug-likeness (QED) is 0.810. The first-order valence-corrected chi connectivity index (χ1v) is 7.13. The van der Waals surface area contributed by atoms with Crippen LogP contribution in [0.25, 0.3) is 0 Å². The molecular formula is C10H12N2O3S2. The molecule has 0 saturated carbocycles. The van der Waals surface area contributed by atoms with E-state index < -0.39 is 5.97 Å². The minimum Gasteiger partial charge on any atom is -0.476 e. The molecule has 0 spiro atoms. The fourth-order valence-electron chi connectivity index (χ4n) is 1.59. The van der Waals surface area contributed by atoms with Gasteiger partial charge in [-0.05, 0) is 0 Å². The smallest absolute Gasteiger partial charge is 0.356 e. The second kappa shape index (κ2) is 5.16. The van der Waals surface area contributed by atoms with Crippen molar-refractivity contribution in [3.05, 3.63) is 15.6 Å².